The lowest BCUT2D eigenvalue weighted by molar-refractivity contribution is -0.140. The minimum Gasteiger partial charge on any atom is -0.507 e. The first-order chi connectivity index (χ1) is 13.5. The van der Waals surface area contributed by atoms with Gasteiger partial charge in [0.25, 0.3) is 11.7 Å². The van der Waals surface area contributed by atoms with Gasteiger partial charge in [0.05, 0.1) is 25.3 Å². The van der Waals surface area contributed by atoms with E-state index >= 15 is 0 Å². The number of Topliss-reactive ketones (excluding diaryl/α,β-unsaturated/α-hetero) is 1. The third kappa shape index (κ3) is 3.90. The maximum Gasteiger partial charge on any atom is 0.295 e. The summed E-state index contributed by atoms with van der Waals surface area (Å²) >= 11 is 2.19. The number of hydrogen-bond acceptors (Lipinski definition) is 5. The van der Waals surface area contributed by atoms with Crippen LogP contribution in [0.2, 0.25) is 0 Å². The Labute approximate surface area is 176 Å². The molecule has 0 spiro atoms. The molecule has 3 rings (SSSR count). The number of amides is 1. The van der Waals surface area contributed by atoms with Crippen molar-refractivity contribution in [2.24, 2.45) is 0 Å². The standard InChI is InChI=1S/C21H20INO5/c1-27-12-11-23-18(13-3-7-15(22)8-4-13)17(20(25)21(23)26)19(24)14-5-9-16(28-2)10-6-14/h3-10,18,24H,11-12H2,1-2H3/b19-17+/t18-/m0/s1. The summed E-state index contributed by atoms with van der Waals surface area (Å²) in [6.07, 6.45) is 0. The minimum absolute atomic E-state index is 0.0764. The van der Waals surface area contributed by atoms with Crippen molar-refractivity contribution >= 4 is 40.0 Å². The molecule has 1 heterocycles. The van der Waals surface area contributed by atoms with Gasteiger partial charge in [-0.05, 0) is 64.6 Å². The summed E-state index contributed by atoms with van der Waals surface area (Å²) in [5.74, 6) is -0.917. The number of benzene rings is 2. The van der Waals surface area contributed by atoms with Gasteiger partial charge in [0.15, 0.2) is 0 Å². The number of carbonyl (C=O) groups excluding carboxylic acids is 2. The Hall–Kier alpha value is -2.39. The molecule has 146 valence electrons. The van der Waals surface area contributed by atoms with E-state index in [9.17, 15) is 14.7 Å². The number of nitrogens with zero attached hydrogens (tertiary/aromatic N) is 1. The van der Waals surface area contributed by atoms with Gasteiger partial charge >= 0.3 is 0 Å². The number of halogens is 1. The predicted molar refractivity (Wildman–Crippen MR) is 113 cm³/mol. The van der Waals surface area contributed by atoms with Gasteiger partial charge in [-0.15, -0.1) is 0 Å². The Kier molecular flexibility index (Phi) is 6.35. The van der Waals surface area contributed by atoms with Gasteiger partial charge in [-0.2, -0.15) is 0 Å². The van der Waals surface area contributed by atoms with Crippen molar-refractivity contribution in [1.29, 1.82) is 0 Å². The molecule has 7 heteroatoms. The van der Waals surface area contributed by atoms with Gasteiger partial charge in [-0.1, -0.05) is 12.1 Å². The van der Waals surface area contributed by atoms with Crippen LogP contribution >= 0.6 is 22.6 Å². The van der Waals surface area contributed by atoms with E-state index in [-0.39, 0.29) is 24.5 Å². The van der Waals surface area contributed by atoms with Crippen LogP contribution in [0.5, 0.6) is 5.75 Å². The van der Waals surface area contributed by atoms with Gasteiger partial charge in [0.2, 0.25) is 0 Å². The number of hydrogen-bond donors (Lipinski definition) is 1. The van der Waals surface area contributed by atoms with Crippen LogP contribution in [0.15, 0.2) is 54.1 Å². The summed E-state index contributed by atoms with van der Waals surface area (Å²) in [7, 11) is 3.08. The number of ether oxygens (including phenoxy) is 2. The van der Waals surface area contributed by atoms with Crippen molar-refractivity contribution in [2.75, 3.05) is 27.4 Å². The van der Waals surface area contributed by atoms with Crippen LogP contribution in [0.4, 0.5) is 0 Å². The number of rotatable bonds is 6. The normalized spacial score (nSPS) is 18.5. The van der Waals surface area contributed by atoms with Crippen LogP contribution < -0.4 is 4.74 Å². The van der Waals surface area contributed by atoms with E-state index in [0.717, 1.165) is 9.13 Å². The highest BCUT2D eigenvalue weighted by atomic mass is 127. The first-order valence-corrected chi connectivity index (χ1v) is 9.73. The number of methoxy groups -OCH3 is 2. The molecule has 0 aliphatic carbocycles. The third-order valence-electron chi connectivity index (χ3n) is 4.63. The van der Waals surface area contributed by atoms with E-state index in [4.69, 9.17) is 9.47 Å². The summed E-state index contributed by atoms with van der Waals surface area (Å²) in [5, 5.41) is 10.9. The molecule has 2 aromatic rings. The lowest BCUT2D eigenvalue weighted by Gasteiger charge is -2.25. The van der Waals surface area contributed by atoms with Crippen LogP contribution in [0.1, 0.15) is 17.2 Å². The van der Waals surface area contributed by atoms with Crippen molar-refractivity contribution in [1.82, 2.24) is 4.90 Å². The number of aliphatic hydroxyl groups is 1. The third-order valence-corrected chi connectivity index (χ3v) is 5.34. The summed E-state index contributed by atoms with van der Waals surface area (Å²) in [6, 6.07) is 13.5. The lowest BCUT2D eigenvalue weighted by atomic mass is 9.95. The van der Waals surface area contributed by atoms with Crippen molar-refractivity contribution in [3.8, 4) is 5.75 Å². The molecule has 1 amide bonds. The maximum atomic E-state index is 12.8. The number of aliphatic hydroxyl groups excluding tert-OH is 1. The molecule has 1 atom stereocenters. The van der Waals surface area contributed by atoms with E-state index in [1.807, 2.05) is 24.3 Å². The molecule has 0 radical (unpaired) electrons. The van der Waals surface area contributed by atoms with Crippen LogP contribution in [0.3, 0.4) is 0 Å². The van der Waals surface area contributed by atoms with Gasteiger partial charge in [-0.3, -0.25) is 9.59 Å². The second-order valence-corrected chi connectivity index (χ2v) is 7.51. The fourth-order valence-electron chi connectivity index (χ4n) is 3.20. The quantitative estimate of drug-likeness (QED) is 0.289. The van der Waals surface area contributed by atoms with Crippen molar-refractivity contribution in [3.63, 3.8) is 0 Å². The highest BCUT2D eigenvalue weighted by Crippen LogP contribution is 2.39. The Bertz CT molecular complexity index is 905. The number of likely N-dealkylation sites (tertiary alicyclic amines) is 1. The monoisotopic (exact) mass is 493 g/mol. The molecule has 28 heavy (non-hydrogen) atoms. The highest BCUT2D eigenvalue weighted by Gasteiger charge is 2.45. The molecule has 1 fully saturated rings. The molecule has 0 unspecified atom stereocenters. The molecular formula is C21H20INO5. The molecule has 6 nitrogen and oxygen atoms in total. The predicted octanol–water partition coefficient (Wildman–Crippen LogP) is 3.37. The first-order valence-electron chi connectivity index (χ1n) is 8.65. The summed E-state index contributed by atoms with van der Waals surface area (Å²) < 4.78 is 11.3. The Balaban J connectivity index is 2.12. The molecule has 1 saturated heterocycles. The Morgan fingerprint density at radius 2 is 1.71 bits per heavy atom. The maximum absolute atomic E-state index is 12.8. The van der Waals surface area contributed by atoms with Gasteiger partial charge in [-0.25, -0.2) is 0 Å². The van der Waals surface area contributed by atoms with Crippen LogP contribution in [-0.2, 0) is 14.3 Å². The zero-order valence-corrected chi connectivity index (χ0v) is 17.7. The molecule has 1 aliphatic rings. The van der Waals surface area contributed by atoms with Gasteiger partial charge in [0.1, 0.15) is 11.5 Å². The van der Waals surface area contributed by atoms with Crippen LogP contribution in [0.25, 0.3) is 5.76 Å². The van der Waals surface area contributed by atoms with E-state index in [1.54, 1.807) is 31.4 Å². The zero-order chi connectivity index (χ0) is 20.3. The SMILES string of the molecule is COCCN1C(=O)C(=O)/C(=C(/O)c2ccc(OC)cc2)[C@@H]1c1ccc(I)cc1. The Morgan fingerprint density at radius 1 is 1.07 bits per heavy atom. The fraction of sp³-hybridized carbons (Fsp3) is 0.238. The first kappa shape index (κ1) is 20.3. The van der Waals surface area contributed by atoms with Crippen LogP contribution in [-0.4, -0.2) is 49.1 Å². The fourth-order valence-corrected chi connectivity index (χ4v) is 3.56. The van der Waals surface area contributed by atoms with E-state index in [0.29, 0.717) is 11.3 Å². The second-order valence-electron chi connectivity index (χ2n) is 6.27. The van der Waals surface area contributed by atoms with Gasteiger partial charge in [0, 0.05) is 22.8 Å². The second kappa shape index (κ2) is 8.74. The summed E-state index contributed by atoms with van der Waals surface area (Å²) in [6.45, 7) is 0.535. The van der Waals surface area contributed by atoms with E-state index in [2.05, 4.69) is 22.6 Å². The van der Waals surface area contributed by atoms with Crippen molar-refractivity contribution < 1.29 is 24.2 Å². The van der Waals surface area contributed by atoms with Gasteiger partial charge < -0.3 is 19.5 Å². The number of carbonyl (C=O) groups is 2. The zero-order valence-electron chi connectivity index (χ0n) is 15.5. The minimum atomic E-state index is -0.701. The molecule has 2 aromatic carbocycles. The lowest BCUT2D eigenvalue weighted by Crippen LogP contribution is -2.32. The summed E-state index contributed by atoms with van der Waals surface area (Å²) in [5.41, 5.74) is 1.28. The van der Waals surface area contributed by atoms with Crippen molar-refractivity contribution in [3.05, 3.63) is 68.8 Å². The molecule has 0 aromatic heterocycles. The largest absolute Gasteiger partial charge is 0.507 e. The molecule has 1 N–H and O–H groups in total. The summed E-state index contributed by atoms with van der Waals surface area (Å²) in [4.78, 5) is 26.9. The molecule has 0 bridgehead atoms. The highest BCUT2D eigenvalue weighted by molar-refractivity contribution is 14.1. The smallest absolute Gasteiger partial charge is 0.295 e. The average Bonchev–Trinajstić information content (AvgIpc) is 2.97. The van der Waals surface area contributed by atoms with Crippen molar-refractivity contribution in [2.45, 2.75) is 6.04 Å². The molecule has 0 saturated carbocycles. The Morgan fingerprint density at radius 3 is 2.29 bits per heavy atom. The molecule has 1 aliphatic heterocycles. The topological polar surface area (TPSA) is 76.1 Å². The number of ketones is 1. The molecular weight excluding hydrogens is 473 g/mol. The van der Waals surface area contributed by atoms with E-state index in [1.165, 1.54) is 12.0 Å². The van der Waals surface area contributed by atoms with E-state index < -0.39 is 17.7 Å². The average molecular weight is 493 g/mol. The van der Waals surface area contributed by atoms with Crippen LogP contribution in [0, 0.1) is 3.57 Å².